The number of fused-ring (bicyclic) bond motifs is 1. The van der Waals surface area contributed by atoms with Crippen molar-refractivity contribution in [3.8, 4) is 0 Å². The maximum absolute atomic E-state index is 12.4. The highest BCUT2D eigenvalue weighted by Crippen LogP contribution is 2.37. The van der Waals surface area contributed by atoms with Gasteiger partial charge in [0, 0.05) is 12.5 Å². The minimum absolute atomic E-state index is 0.184. The van der Waals surface area contributed by atoms with Gasteiger partial charge in [-0.3, -0.25) is 14.4 Å². The van der Waals surface area contributed by atoms with Gasteiger partial charge in [-0.05, 0) is 24.3 Å². The fraction of sp³-hybridized carbons (Fsp3) is 0.0625. The minimum atomic E-state index is -0.396. The first-order chi connectivity index (χ1) is 10.1. The van der Waals surface area contributed by atoms with Crippen LogP contribution in [-0.2, 0) is 9.59 Å². The third kappa shape index (κ3) is 2.08. The quantitative estimate of drug-likeness (QED) is 0.626. The first-order valence-corrected chi connectivity index (χ1v) is 6.33. The smallest absolute Gasteiger partial charge is 0.265 e. The second-order valence-corrected chi connectivity index (χ2v) is 4.59. The fourth-order valence-corrected chi connectivity index (χ4v) is 2.35. The Morgan fingerprint density at radius 2 is 1.86 bits per heavy atom. The van der Waals surface area contributed by atoms with Crippen molar-refractivity contribution in [1.29, 1.82) is 0 Å². The Labute approximate surface area is 120 Å². The number of anilines is 1. The summed E-state index contributed by atoms with van der Waals surface area (Å²) in [6.07, 6.45) is 2.13. The molecule has 5 nitrogen and oxygen atoms in total. The molecule has 0 spiro atoms. The van der Waals surface area contributed by atoms with Crippen molar-refractivity contribution in [1.82, 2.24) is 0 Å². The van der Waals surface area contributed by atoms with Crippen LogP contribution in [0.15, 0.2) is 40.8 Å². The van der Waals surface area contributed by atoms with Crippen LogP contribution in [0.5, 0.6) is 0 Å². The summed E-state index contributed by atoms with van der Waals surface area (Å²) >= 11 is 0. The molecular weight excluding hydrogens is 270 g/mol. The predicted octanol–water partition coefficient (Wildman–Crippen LogP) is 2.53. The Hall–Kier alpha value is -2.95. The molecule has 104 valence electrons. The van der Waals surface area contributed by atoms with Gasteiger partial charge in [0.05, 0.1) is 11.3 Å². The van der Waals surface area contributed by atoms with Crippen molar-refractivity contribution < 1.29 is 18.8 Å². The molecule has 0 aliphatic carbocycles. The molecule has 1 aliphatic rings. The number of carbonyl (C=O) groups is 3. The van der Waals surface area contributed by atoms with Crippen molar-refractivity contribution in [2.45, 2.75) is 6.92 Å². The summed E-state index contributed by atoms with van der Waals surface area (Å²) in [5, 5.41) is 0. The Balaban J connectivity index is 2.12. The third-order valence-electron chi connectivity index (χ3n) is 3.23. The molecule has 1 aromatic heterocycles. The number of amides is 2. The lowest BCUT2D eigenvalue weighted by molar-refractivity contribution is -0.122. The number of rotatable bonds is 2. The van der Waals surface area contributed by atoms with Gasteiger partial charge < -0.3 is 4.42 Å². The van der Waals surface area contributed by atoms with Gasteiger partial charge in [-0.1, -0.05) is 18.2 Å². The molecule has 0 N–H and O–H groups in total. The molecule has 1 aromatic carbocycles. The first-order valence-electron chi connectivity index (χ1n) is 6.33. The van der Waals surface area contributed by atoms with Crippen molar-refractivity contribution >= 4 is 35.4 Å². The molecule has 0 saturated carbocycles. The summed E-state index contributed by atoms with van der Waals surface area (Å²) in [6.45, 7) is 1.34. The molecule has 5 heteroatoms. The standard InChI is InChI=1S/C16H11NO4/c1-10(19)17-15-5-3-2-4-13(15)14(16(17)20)8-11-6-7-12(9-18)21-11/h2-9H,1H3. The second-order valence-electron chi connectivity index (χ2n) is 4.59. The van der Waals surface area contributed by atoms with Crippen LogP contribution in [0.2, 0.25) is 0 Å². The van der Waals surface area contributed by atoms with Crippen LogP contribution in [-0.4, -0.2) is 18.1 Å². The average molecular weight is 281 g/mol. The SMILES string of the molecule is CC(=O)N1C(=O)C(=Cc2ccc(C=O)o2)c2ccccc21. The van der Waals surface area contributed by atoms with Gasteiger partial charge in [0.1, 0.15) is 5.76 Å². The van der Waals surface area contributed by atoms with E-state index >= 15 is 0 Å². The monoisotopic (exact) mass is 281 g/mol. The van der Waals surface area contributed by atoms with Gasteiger partial charge >= 0.3 is 0 Å². The van der Waals surface area contributed by atoms with E-state index in [0.717, 1.165) is 4.90 Å². The molecule has 21 heavy (non-hydrogen) atoms. The first kappa shape index (κ1) is 13.1. The van der Waals surface area contributed by atoms with Crippen LogP contribution in [0.4, 0.5) is 5.69 Å². The van der Waals surface area contributed by atoms with E-state index in [1.54, 1.807) is 30.3 Å². The second kappa shape index (κ2) is 4.86. The van der Waals surface area contributed by atoms with Gasteiger partial charge in [-0.15, -0.1) is 0 Å². The number of hydrogen-bond donors (Lipinski definition) is 0. The number of furan rings is 1. The summed E-state index contributed by atoms with van der Waals surface area (Å²) in [4.78, 5) is 35.8. The molecule has 2 heterocycles. The summed E-state index contributed by atoms with van der Waals surface area (Å²) in [6, 6.07) is 10.2. The van der Waals surface area contributed by atoms with Crippen LogP contribution < -0.4 is 4.90 Å². The molecule has 0 fully saturated rings. The maximum Gasteiger partial charge on any atom is 0.265 e. The van der Waals surface area contributed by atoms with E-state index in [1.165, 1.54) is 19.1 Å². The minimum Gasteiger partial charge on any atom is -0.454 e. The van der Waals surface area contributed by atoms with E-state index in [9.17, 15) is 14.4 Å². The topological polar surface area (TPSA) is 67.6 Å². The molecule has 0 bridgehead atoms. The van der Waals surface area contributed by atoms with Crippen LogP contribution in [0.25, 0.3) is 11.6 Å². The van der Waals surface area contributed by atoms with E-state index in [-0.39, 0.29) is 11.7 Å². The van der Waals surface area contributed by atoms with Crippen LogP contribution in [0.3, 0.4) is 0 Å². The van der Waals surface area contributed by atoms with Crippen molar-refractivity contribution in [2.24, 2.45) is 0 Å². The Kier molecular flexibility index (Phi) is 3.02. The zero-order valence-electron chi connectivity index (χ0n) is 11.2. The molecule has 0 saturated heterocycles. The molecule has 1 aliphatic heterocycles. The summed E-state index contributed by atoms with van der Waals surface area (Å²) in [7, 11) is 0. The normalized spacial score (nSPS) is 15.4. The van der Waals surface area contributed by atoms with Gasteiger partial charge in [0.15, 0.2) is 12.0 Å². The van der Waals surface area contributed by atoms with E-state index in [0.29, 0.717) is 28.9 Å². The average Bonchev–Trinajstić information content (AvgIpc) is 3.03. The molecule has 0 unspecified atom stereocenters. The predicted molar refractivity (Wildman–Crippen MR) is 76.6 cm³/mol. The Morgan fingerprint density at radius 3 is 2.52 bits per heavy atom. The lowest BCUT2D eigenvalue weighted by atomic mass is 10.1. The van der Waals surface area contributed by atoms with Gasteiger partial charge in [-0.2, -0.15) is 0 Å². The highest BCUT2D eigenvalue weighted by atomic mass is 16.3. The van der Waals surface area contributed by atoms with Crippen molar-refractivity contribution in [3.05, 3.63) is 53.5 Å². The van der Waals surface area contributed by atoms with E-state index in [2.05, 4.69) is 0 Å². The van der Waals surface area contributed by atoms with Gasteiger partial charge in [-0.25, -0.2) is 4.90 Å². The van der Waals surface area contributed by atoms with Gasteiger partial charge in [0.2, 0.25) is 5.91 Å². The van der Waals surface area contributed by atoms with Crippen LogP contribution in [0.1, 0.15) is 28.8 Å². The number of imide groups is 1. The van der Waals surface area contributed by atoms with Crippen molar-refractivity contribution in [3.63, 3.8) is 0 Å². The van der Waals surface area contributed by atoms with E-state index < -0.39 is 5.91 Å². The van der Waals surface area contributed by atoms with Crippen molar-refractivity contribution in [2.75, 3.05) is 4.90 Å². The fourth-order valence-electron chi connectivity index (χ4n) is 2.35. The molecule has 3 rings (SSSR count). The zero-order chi connectivity index (χ0) is 15.0. The summed E-state index contributed by atoms with van der Waals surface area (Å²) in [5.74, 6) is -0.165. The number of benzene rings is 1. The molecular formula is C16H11NO4. The molecule has 0 atom stereocenters. The highest BCUT2D eigenvalue weighted by Gasteiger charge is 2.34. The summed E-state index contributed by atoms with van der Waals surface area (Å²) < 4.78 is 5.25. The number of nitrogens with zero attached hydrogens (tertiary/aromatic N) is 1. The zero-order valence-corrected chi connectivity index (χ0v) is 11.2. The number of aldehydes is 1. The molecule has 0 radical (unpaired) electrons. The van der Waals surface area contributed by atoms with Crippen LogP contribution >= 0.6 is 0 Å². The van der Waals surface area contributed by atoms with Gasteiger partial charge in [0.25, 0.3) is 5.91 Å². The summed E-state index contributed by atoms with van der Waals surface area (Å²) in [5.41, 5.74) is 1.60. The lowest BCUT2D eigenvalue weighted by Gasteiger charge is -2.11. The highest BCUT2D eigenvalue weighted by molar-refractivity contribution is 6.41. The number of carbonyl (C=O) groups excluding carboxylic acids is 3. The van der Waals surface area contributed by atoms with Crippen LogP contribution in [0, 0.1) is 0 Å². The number of hydrogen-bond acceptors (Lipinski definition) is 4. The lowest BCUT2D eigenvalue weighted by Crippen LogP contribution is -2.30. The Morgan fingerprint density at radius 1 is 1.14 bits per heavy atom. The maximum atomic E-state index is 12.4. The van der Waals surface area contributed by atoms with E-state index in [1.807, 2.05) is 0 Å². The molecule has 2 amide bonds. The Bertz CT molecular complexity index is 785. The third-order valence-corrected chi connectivity index (χ3v) is 3.23. The largest absolute Gasteiger partial charge is 0.454 e. The van der Waals surface area contributed by atoms with E-state index in [4.69, 9.17) is 4.42 Å². The number of para-hydroxylation sites is 1. The molecule has 2 aromatic rings.